The summed E-state index contributed by atoms with van der Waals surface area (Å²) in [6, 6.07) is 20.0. The van der Waals surface area contributed by atoms with Crippen molar-refractivity contribution in [3.8, 4) is 16.9 Å². The Morgan fingerprint density at radius 3 is 2.00 bits per heavy atom. The van der Waals surface area contributed by atoms with Gasteiger partial charge in [0.15, 0.2) is 0 Å². The van der Waals surface area contributed by atoms with E-state index in [1.165, 1.54) is 19.1 Å². The molecule has 226 valence electrons. The molecule has 3 aromatic rings. The summed E-state index contributed by atoms with van der Waals surface area (Å²) in [5.74, 6) is -1.93. The van der Waals surface area contributed by atoms with Crippen LogP contribution in [-0.4, -0.2) is 59.8 Å². The molecule has 43 heavy (non-hydrogen) atoms. The van der Waals surface area contributed by atoms with Gasteiger partial charge in [-0.3, -0.25) is 14.4 Å². The van der Waals surface area contributed by atoms with Crippen LogP contribution in [0.25, 0.3) is 11.1 Å². The van der Waals surface area contributed by atoms with Crippen molar-refractivity contribution < 1.29 is 33.8 Å². The Morgan fingerprint density at radius 1 is 0.837 bits per heavy atom. The molecule has 0 aromatic heterocycles. The molecular weight excluding hydrogens is 550 g/mol. The molecule has 4 N–H and O–H groups in total. The summed E-state index contributed by atoms with van der Waals surface area (Å²) >= 11 is 0. The molecule has 0 bridgehead atoms. The molecule has 2 atom stereocenters. The van der Waals surface area contributed by atoms with Crippen LogP contribution in [0, 0.1) is 0 Å². The number of hydrogen-bond acceptors (Lipinski definition) is 7. The van der Waals surface area contributed by atoms with Crippen LogP contribution in [0.2, 0.25) is 0 Å². The van der Waals surface area contributed by atoms with Crippen molar-refractivity contribution in [2.75, 3.05) is 13.2 Å². The molecule has 0 saturated carbocycles. The van der Waals surface area contributed by atoms with Gasteiger partial charge in [0.05, 0.1) is 0 Å². The number of carbonyl (C=O) groups excluding carboxylic acids is 4. The van der Waals surface area contributed by atoms with Crippen molar-refractivity contribution >= 4 is 23.9 Å². The van der Waals surface area contributed by atoms with Crippen LogP contribution >= 0.6 is 0 Å². The zero-order chi connectivity index (χ0) is 31.1. The summed E-state index contributed by atoms with van der Waals surface area (Å²) in [7, 11) is 0. The maximum absolute atomic E-state index is 13.1. The summed E-state index contributed by atoms with van der Waals surface area (Å²) in [4.78, 5) is 50.9. The Kier molecular flexibility index (Phi) is 9.70. The number of carbonyl (C=O) groups is 4. The number of phenols is 1. The molecule has 0 aliphatic heterocycles. The first-order chi connectivity index (χ1) is 20.4. The summed E-state index contributed by atoms with van der Waals surface area (Å²) in [5, 5.41) is 17.3. The molecule has 10 nitrogen and oxygen atoms in total. The number of rotatable bonds is 10. The quantitative estimate of drug-likeness (QED) is 0.264. The SMILES string of the molecule is C[C@H](NC(=O)OCC1c2ccccc2-c2ccccc21)C(=O)N[C@@H](Cc1ccc(O)cc1)C(=O)NCC(=O)OC(C)(C)C. The van der Waals surface area contributed by atoms with Crippen molar-refractivity contribution in [2.24, 2.45) is 0 Å². The Balaban J connectivity index is 1.35. The predicted molar refractivity (Wildman–Crippen MR) is 160 cm³/mol. The number of ether oxygens (including phenoxy) is 2. The van der Waals surface area contributed by atoms with Gasteiger partial charge in [0.2, 0.25) is 11.8 Å². The van der Waals surface area contributed by atoms with Crippen molar-refractivity contribution in [1.29, 1.82) is 0 Å². The van der Waals surface area contributed by atoms with E-state index in [2.05, 4.69) is 16.0 Å². The molecule has 3 amide bonds. The van der Waals surface area contributed by atoms with Crippen LogP contribution in [0.4, 0.5) is 4.79 Å². The van der Waals surface area contributed by atoms with Gasteiger partial charge < -0.3 is 30.5 Å². The number of hydrogen-bond donors (Lipinski definition) is 4. The molecule has 1 aliphatic carbocycles. The van der Waals surface area contributed by atoms with Gasteiger partial charge in [0, 0.05) is 12.3 Å². The molecule has 0 unspecified atom stereocenters. The van der Waals surface area contributed by atoms with E-state index in [1.807, 2.05) is 48.5 Å². The number of phenolic OH excluding ortho intramolecular Hbond substituents is 1. The van der Waals surface area contributed by atoms with Crippen molar-refractivity contribution in [3.63, 3.8) is 0 Å². The zero-order valence-corrected chi connectivity index (χ0v) is 24.7. The summed E-state index contributed by atoms with van der Waals surface area (Å²) in [6.07, 6.45) is -0.696. The highest BCUT2D eigenvalue weighted by Crippen LogP contribution is 2.44. The minimum Gasteiger partial charge on any atom is -0.508 e. The lowest BCUT2D eigenvalue weighted by Crippen LogP contribution is -2.54. The van der Waals surface area contributed by atoms with Crippen LogP contribution in [-0.2, 0) is 30.3 Å². The number of esters is 1. The minimum absolute atomic E-state index is 0.0552. The van der Waals surface area contributed by atoms with E-state index in [1.54, 1.807) is 32.9 Å². The van der Waals surface area contributed by atoms with E-state index in [9.17, 15) is 24.3 Å². The van der Waals surface area contributed by atoms with E-state index in [4.69, 9.17) is 9.47 Å². The number of nitrogens with one attached hydrogen (secondary N) is 3. The Bertz CT molecular complexity index is 1430. The molecule has 0 spiro atoms. The van der Waals surface area contributed by atoms with Crippen LogP contribution < -0.4 is 16.0 Å². The van der Waals surface area contributed by atoms with Crippen LogP contribution in [0.1, 0.15) is 50.3 Å². The van der Waals surface area contributed by atoms with E-state index < -0.39 is 41.6 Å². The van der Waals surface area contributed by atoms with Gasteiger partial charge in [0.1, 0.15) is 36.6 Å². The van der Waals surface area contributed by atoms with E-state index in [-0.39, 0.29) is 31.2 Å². The number of benzene rings is 3. The lowest BCUT2D eigenvalue weighted by Gasteiger charge is -2.23. The average Bonchev–Trinajstić information content (AvgIpc) is 3.28. The van der Waals surface area contributed by atoms with Gasteiger partial charge >= 0.3 is 12.1 Å². The second kappa shape index (κ2) is 13.4. The monoisotopic (exact) mass is 587 g/mol. The normalized spacial score (nSPS) is 13.6. The number of alkyl carbamates (subject to hydrolysis) is 1. The summed E-state index contributed by atoms with van der Waals surface area (Å²) in [6.45, 7) is 6.33. The average molecular weight is 588 g/mol. The summed E-state index contributed by atoms with van der Waals surface area (Å²) in [5.41, 5.74) is 4.27. The van der Waals surface area contributed by atoms with Gasteiger partial charge in [-0.2, -0.15) is 0 Å². The molecule has 1 aliphatic rings. The number of fused-ring (bicyclic) bond motifs is 3. The topological polar surface area (TPSA) is 143 Å². The maximum atomic E-state index is 13.1. The fraction of sp³-hybridized carbons (Fsp3) is 0.333. The third-order valence-electron chi connectivity index (χ3n) is 6.91. The standard InChI is InChI=1S/C33H37N3O7/c1-20(35-32(41)42-19-27-25-11-7-5-9-23(25)24-10-6-8-12-26(24)27)30(39)36-28(17-21-13-15-22(37)16-14-21)31(40)34-18-29(38)43-33(2,3)4/h5-16,20,27-28,37H,17-19H2,1-4H3,(H,34,40)(H,35,41)(H,36,39)/t20-,28-/m0/s1. The van der Waals surface area contributed by atoms with Crippen molar-refractivity contribution in [3.05, 3.63) is 89.5 Å². The molecule has 4 rings (SSSR count). The Morgan fingerprint density at radius 2 is 1.42 bits per heavy atom. The highest BCUT2D eigenvalue weighted by atomic mass is 16.6. The molecule has 0 heterocycles. The number of aromatic hydroxyl groups is 1. The van der Waals surface area contributed by atoms with Gasteiger partial charge in [-0.05, 0) is 67.6 Å². The predicted octanol–water partition coefficient (Wildman–Crippen LogP) is 3.80. The molecular formula is C33H37N3O7. The van der Waals surface area contributed by atoms with Gasteiger partial charge in [-0.15, -0.1) is 0 Å². The highest BCUT2D eigenvalue weighted by molar-refractivity contribution is 5.92. The van der Waals surface area contributed by atoms with Crippen LogP contribution in [0.3, 0.4) is 0 Å². The first-order valence-corrected chi connectivity index (χ1v) is 14.1. The van der Waals surface area contributed by atoms with Gasteiger partial charge in [0.25, 0.3) is 0 Å². The second-order valence-electron chi connectivity index (χ2n) is 11.4. The number of amides is 3. The van der Waals surface area contributed by atoms with E-state index in [0.29, 0.717) is 5.56 Å². The largest absolute Gasteiger partial charge is 0.508 e. The Labute approximate surface area is 250 Å². The van der Waals surface area contributed by atoms with E-state index >= 15 is 0 Å². The van der Waals surface area contributed by atoms with Crippen LogP contribution in [0.15, 0.2) is 72.8 Å². The molecule has 0 saturated heterocycles. The van der Waals surface area contributed by atoms with Crippen LogP contribution in [0.5, 0.6) is 5.75 Å². The fourth-order valence-corrected chi connectivity index (χ4v) is 4.92. The maximum Gasteiger partial charge on any atom is 0.407 e. The first-order valence-electron chi connectivity index (χ1n) is 14.1. The lowest BCUT2D eigenvalue weighted by molar-refractivity contribution is -0.154. The van der Waals surface area contributed by atoms with Crippen molar-refractivity contribution in [2.45, 2.75) is 57.7 Å². The smallest absolute Gasteiger partial charge is 0.407 e. The lowest BCUT2D eigenvalue weighted by atomic mass is 9.98. The third kappa shape index (κ3) is 8.34. The molecule has 0 fully saturated rings. The van der Waals surface area contributed by atoms with Crippen molar-refractivity contribution in [1.82, 2.24) is 16.0 Å². The fourth-order valence-electron chi connectivity index (χ4n) is 4.92. The zero-order valence-electron chi connectivity index (χ0n) is 24.7. The highest BCUT2D eigenvalue weighted by Gasteiger charge is 2.30. The molecule has 10 heteroatoms. The minimum atomic E-state index is -1.08. The first kappa shape index (κ1) is 31.1. The van der Waals surface area contributed by atoms with Gasteiger partial charge in [-0.25, -0.2) is 4.79 Å². The molecule has 3 aromatic carbocycles. The van der Waals surface area contributed by atoms with Gasteiger partial charge in [-0.1, -0.05) is 60.7 Å². The van der Waals surface area contributed by atoms with E-state index in [0.717, 1.165) is 22.3 Å². The molecule has 0 radical (unpaired) electrons. The summed E-state index contributed by atoms with van der Waals surface area (Å²) < 4.78 is 10.8. The third-order valence-corrected chi connectivity index (χ3v) is 6.91. The Hall–Kier alpha value is -4.86. The second-order valence-corrected chi connectivity index (χ2v) is 11.4.